The van der Waals surface area contributed by atoms with Crippen molar-refractivity contribution in [1.29, 1.82) is 0 Å². The average Bonchev–Trinajstić information content (AvgIpc) is 2.68. The third-order valence-electron chi connectivity index (χ3n) is 3.53. The Hall–Kier alpha value is -1.42. The first kappa shape index (κ1) is 10.7. The Morgan fingerprint density at radius 2 is 2.00 bits per heavy atom. The van der Waals surface area contributed by atoms with Crippen LogP contribution in [0.4, 0.5) is 10.1 Å². The summed E-state index contributed by atoms with van der Waals surface area (Å²) in [5, 5.41) is 0. The van der Waals surface area contributed by atoms with Crippen LogP contribution in [0.15, 0.2) is 18.2 Å². The SMILES string of the molecule is O=Cc1c(F)cccc1N1CC2CCC(C1)O2. The molecule has 4 heteroatoms. The van der Waals surface area contributed by atoms with Crippen molar-refractivity contribution in [1.82, 2.24) is 0 Å². The normalized spacial score (nSPS) is 27.2. The van der Waals surface area contributed by atoms with E-state index in [4.69, 9.17) is 4.74 Å². The highest BCUT2D eigenvalue weighted by atomic mass is 19.1. The highest BCUT2D eigenvalue weighted by molar-refractivity contribution is 5.85. The largest absolute Gasteiger partial charge is 0.371 e. The molecule has 2 bridgehead atoms. The van der Waals surface area contributed by atoms with Crippen LogP contribution in [0.1, 0.15) is 23.2 Å². The van der Waals surface area contributed by atoms with Crippen LogP contribution in [0.25, 0.3) is 0 Å². The second-order valence-corrected chi connectivity index (χ2v) is 4.65. The van der Waals surface area contributed by atoms with Gasteiger partial charge in [-0.2, -0.15) is 0 Å². The molecule has 0 spiro atoms. The molecule has 2 unspecified atom stereocenters. The standard InChI is InChI=1S/C13H14FNO2/c14-12-2-1-3-13(11(12)8-16)15-6-9-4-5-10(7-15)17-9/h1-3,8-10H,4-7H2. The van der Waals surface area contributed by atoms with Gasteiger partial charge >= 0.3 is 0 Å². The number of nitrogens with zero attached hydrogens (tertiary/aromatic N) is 1. The van der Waals surface area contributed by atoms with E-state index in [1.165, 1.54) is 6.07 Å². The second kappa shape index (κ2) is 4.11. The summed E-state index contributed by atoms with van der Waals surface area (Å²) in [4.78, 5) is 13.0. The van der Waals surface area contributed by atoms with Crippen molar-refractivity contribution in [3.63, 3.8) is 0 Å². The molecule has 2 saturated heterocycles. The zero-order valence-electron chi connectivity index (χ0n) is 9.43. The Morgan fingerprint density at radius 3 is 2.65 bits per heavy atom. The summed E-state index contributed by atoms with van der Waals surface area (Å²) < 4.78 is 19.3. The summed E-state index contributed by atoms with van der Waals surface area (Å²) in [5.41, 5.74) is 0.856. The number of rotatable bonds is 2. The molecule has 2 atom stereocenters. The van der Waals surface area contributed by atoms with Crippen molar-refractivity contribution in [2.24, 2.45) is 0 Å². The summed E-state index contributed by atoms with van der Waals surface area (Å²) in [6.45, 7) is 1.50. The predicted octanol–water partition coefficient (Wildman–Crippen LogP) is 2.01. The summed E-state index contributed by atoms with van der Waals surface area (Å²) in [5.74, 6) is -0.448. The number of ether oxygens (including phenoxy) is 1. The minimum absolute atomic E-state index is 0.161. The molecule has 3 nitrogen and oxygen atoms in total. The van der Waals surface area contributed by atoms with E-state index in [1.54, 1.807) is 12.1 Å². The fourth-order valence-corrected chi connectivity index (χ4v) is 2.73. The molecule has 1 aromatic carbocycles. The fraction of sp³-hybridized carbons (Fsp3) is 0.462. The van der Waals surface area contributed by atoms with Gasteiger partial charge in [0.1, 0.15) is 5.82 Å². The molecular formula is C13H14FNO2. The number of morpholine rings is 1. The molecule has 1 aromatic rings. The fourth-order valence-electron chi connectivity index (χ4n) is 2.73. The van der Waals surface area contributed by atoms with E-state index in [2.05, 4.69) is 4.90 Å². The number of fused-ring (bicyclic) bond motifs is 2. The van der Waals surface area contributed by atoms with Crippen molar-refractivity contribution in [3.05, 3.63) is 29.6 Å². The van der Waals surface area contributed by atoms with Gasteiger partial charge in [0.15, 0.2) is 6.29 Å². The Morgan fingerprint density at radius 1 is 1.29 bits per heavy atom. The molecule has 90 valence electrons. The van der Waals surface area contributed by atoms with Crippen molar-refractivity contribution < 1.29 is 13.9 Å². The maximum atomic E-state index is 13.5. The lowest BCUT2D eigenvalue weighted by atomic mass is 10.1. The third kappa shape index (κ3) is 1.82. The number of carbonyl (C=O) groups excluding carboxylic acids is 1. The molecule has 2 fully saturated rings. The van der Waals surface area contributed by atoms with Crippen molar-refractivity contribution >= 4 is 12.0 Å². The number of halogens is 1. The van der Waals surface area contributed by atoms with E-state index in [-0.39, 0.29) is 17.8 Å². The first-order valence-corrected chi connectivity index (χ1v) is 5.92. The van der Waals surface area contributed by atoms with Gasteiger partial charge in [0.05, 0.1) is 23.5 Å². The summed E-state index contributed by atoms with van der Waals surface area (Å²) in [6.07, 6.45) is 3.19. The summed E-state index contributed by atoms with van der Waals surface area (Å²) in [7, 11) is 0. The molecule has 0 aliphatic carbocycles. The Bertz CT molecular complexity index is 437. The van der Waals surface area contributed by atoms with E-state index in [0.29, 0.717) is 12.0 Å². The molecule has 3 rings (SSSR count). The predicted molar refractivity (Wildman–Crippen MR) is 61.9 cm³/mol. The lowest BCUT2D eigenvalue weighted by Gasteiger charge is -2.34. The van der Waals surface area contributed by atoms with E-state index in [1.807, 2.05) is 0 Å². The van der Waals surface area contributed by atoms with E-state index in [0.717, 1.165) is 25.9 Å². The smallest absolute Gasteiger partial charge is 0.155 e. The Labute approximate surface area is 99.2 Å². The topological polar surface area (TPSA) is 29.5 Å². The quantitative estimate of drug-likeness (QED) is 0.734. The molecule has 0 saturated carbocycles. The number of carbonyl (C=O) groups is 1. The van der Waals surface area contributed by atoms with Crippen LogP contribution in [0.2, 0.25) is 0 Å². The lowest BCUT2D eigenvalue weighted by molar-refractivity contribution is 0.0304. The van der Waals surface area contributed by atoms with Crippen LogP contribution in [0.3, 0.4) is 0 Å². The van der Waals surface area contributed by atoms with Gasteiger partial charge in [-0.05, 0) is 25.0 Å². The van der Waals surface area contributed by atoms with Gasteiger partial charge in [-0.1, -0.05) is 6.07 Å². The van der Waals surface area contributed by atoms with Gasteiger partial charge in [-0.3, -0.25) is 4.79 Å². The van der Waals surface area contributed by atoms with Crippen molar-refractivity contribution in [3.8, 4) is 0 Å². The van der Waals surface area contributed by atoms with Crippen LogP contribution >= 0.6 is 0 Å². The number of benzene rings is 1. The van der Waals surface area contributed by atoms with Gasteiger partial charge < -0.3 is 9.64 Å². The van der Waals surface area contributed by atoms with Crippen molar-refractivity contribution in [2.75, 3.05) is 18.0 Å². The van der Waals surface area contributed by atoms with Crippen molar-refractivity contribution in [2.45, 2.75) is 25.0 Å². The third-order valence-corrected chi connectivity index (χ3v) is 3.53. The molecular weight excluding hydrogens is 221 g/mol. The van der Waals surface area contributed by atoms with Gasteiger partial charge in [-0.15, -0.1) is 0 Å². The first-order valence-electron chi connectivity index (χ1n) is 5.92. The maximum Gasteiger partial charge on any atom is 0.155 e. The molecule has 2 aliphatic heterocycles. The lowest BCUT2D eigenvalue weighted by Crippen LogP contribution is -2.43. The van der Waals surface area contributed by atoms with Crippen LogP contribution < -0.4 is 4.90 Å². The molecule has 0 radical (unpaired) electrons. The van der Waals surface area contributed by atoms with E-state index >= 15 is 0 Å². The number of aldehydes is 1. The van der Waals surface area contributed by atoms with Crippen LogP contribution in [0.5, 0.6) is 0 Å². The molecule has 0 N–H and O–H groups in total. The highest BCUT2D eigenvalue weighted by Gasteiger charge is 2.34. The van der Waals surface area contributed by atoms with Gasteiger partial charge in [-0.25, -0.2) is 4.39 Å². The monoisotopic (exact) mass is 235 g/mol. The highest BCUT2D eigenvalue weighted by Crippen LogP contribution is 2.31. The first-order chi connectivity index (χ1) is 8.28. The second-order valence-electron chi connectivity index (χ2n) is 4.65. The Balaban J connectivity index is 1.94. The molecule has 0 aromatic heterocycles. The maximum absolute atomic E-state index is 13.5. The molecule has 2 heterocycles. The summed E-state index contributed by atoms with van der Waals surface area (Å²) in [6, 6.07) is 4.77. The zero-order chi connectivity index (χ0) is 11.8. The van der Waals surface area contributed by atoms with Crippen LogP contribution in [-0.4, -0.2) is 31.6 Å². The van der Waals surface area contributed by atoms with Gasteiger partial charge in [0.2, 0.25) is 0 Å². The van der Waals surface area contributed by atoms with E-state index in [9.17, 15) is 9.18 Å². The number of hydrogen-bond acceptors (Lipinski definition) is 3. The average molecular weight is 235 g/mol. The van der Waals surface area contributed by atoms with Gasteiger partial charge in [0, 0.05) is 13.1 Å². The number of anilines is 1. The molecule has 17 heavy (non-hydrogen) atoms. The number of hydrogen-bond donors (Lipinski definition) is 0. The van der Waals surface area contributed by atoms with Crippen LogP contribution in [-0.2, 0) is 4.74 Å². The zero-order valence-corrected chi connectivity index (χ0v) is 9.43. The Kier molecular flexibility index (Phi) is 2.59. The molecule has 0 amide bonds. The summed E-state index contributed by atoms with van der Waals surface area (Å²) >= 11 is 0. The molecule has 2 aliphatic rings. The van der Waals surface area contributed by atoms with Crippen LogP contribution in [0, 0.1) is 5.82 Å². The minimum atomic E-state index is -0.448. The minimum Gasteiger partial charge on any atom is -0.371 e. The van der Waals surface area contributed by atoms with E-state index < -0.39 is 5.82 Å². The van der Waals surface area contributed by atoms with Gasteiger partial charge in [0.25, 0.3) is 0 Å².